The van der Waals surface area contributed by atoms with E-state index >= 15 is 0 Å². The number of nitrogens with two attached hydrogens (primary N) is 1. The van der Waals surface area contributed by atoms with Gasteiger partial charge in [0.15, 0.2) is 0 Å². The summed E-state index contributed by atoms with van der Waals surface area (Å²) in [6, 6.07) is 13.3. The van der Waals surface area contributed by atoms with E-state index in [9.17, 15) is 16.8 Å². The molecule has 0 amide bonds. The van der Waals surface area contributed by atoms with Gasteiger partial charge in [-0.2, -0.15) is 4.98 Å². The molecule has 4 rings (SSSR count). The van der Waals surface area contributed by atoms with Crippen molar-refractivity contribution < 1.29 is 16.8 Å². The second-order valence-corrected chi connectivity index (χ2v) is 12.0. The number of benzene rings is 2. The van der Waals surface area contributed by atoms with E-state index in [1.54, 1.807) is 18.3 Å². The summed E-state index contributed by atoms with van der Waals surface area (Å²) in [5.41, 5.74) is 2.82. The molecule has 1 heterocycles. The Morgan fingerprint density at radius 1 is 1.06 bits per heavy atom. The average Bonchev–Trinajstić information content (AvgIpc) is 3.53. The molecular weight excluding hydrogens is 500 g/mol. The van der Waals surface area contributed by atoms with Crippen LogP contribution in [0.15, 0.2) is 59.6 Å². The number of hydrogen-bond acceptors (Lipinski definition) is 8. The number of alkyl halides is 1. The van der Waals surface area contributed by atoms with Gasteiger partial charge in [-0.15, -0.1) is 11.6 Å². The van der Waals surface area contributed by atoms with Crippen molar-refractivity contribution in [1.82, 2.24) is 14.7 Å². The molecule has 1 saturated carbocycles. The van der Waals surface area contributed by atoms with Crippen LogP contribution < -0.4 is 20.5 Å². The first kappa shape index (κ1) is 24.4. The summed E-state index contributed by atoms with van der Waals surface area (Å²) < 4.78 is 49.9. The summed E-state index contributed by atoms with van der Waals surface area (Å²) in [6.07, 6.45) is 2.11. The molecule has 10 nitrogen and oxygen atoms in total. The van der Waals surface area contributed by atoms with Gasteiger partial charge < -0.3 is 10.6 Å². The number of hydrogen-bond donors (Lipinski definition) is 4. The smallest absolute Gasteiger partial charge is 0.238 e. The van der Waals surface area contributed by atoms with Crippen LogP contribution in [0.2, 0.25) is 0 Å². The Kier molecular flexibility index (Phi) is 6.78. The van der Waals surface area contributed by atoms with Crippen molar-refractivity contribution in [2.45, 2.75) is 35.4 Å². The first-order chi connectivity index (χ1) is 16.0. The lowest BCUT2D eigenvalue weighted by atomic mass is 10.2. The highest BCUT2D eigenvalue weighted by atomic mass is 35.5. The van der Waals surface area contributed by atoms with Crippen LogP contribution in [0.25, 0.3) is 0 Å². The number of aryl methyl sites for hydroxylation is 1. The molecule has 1 aliphatic carbocycles. The highest BCUT2D eigenvalue weighted by Crippen LogP contribution is 2.34. The van der Waals surface area contributed by atoms with E-state index in [-0.39, 0.29) is 22.8 Å². The summed E-state index contributed by atoms with van der Waals surface area (Å²) in [7, 11) is -7.23. The molecule has 0 radical (unpaired) electrons. The van der Waals surface area contributed by atoms with Gasteiger partial charge in [-0.3, -0.25) is 0 Å². The molecule has 1 fully saturated rings. The fourth-order valence-electron chi connectivity index (χ4n) is 3.11. The predicted molar refractivity (Wildman–Crippen MR) is 131 cm³/mol. The fourth-order valence-corrected chi connectivity index (χ4v) is 5.80. The lowest BCUT2D eigenvalue weighted by Crippen LogP contribution is -2.27. The van der Waals surface area contributed by atoms with Gasteiger partial charge in [0.25, 0.3) is 0 Å². The van der Waals surface area contributed by atoms with Crippen molar-refractivity contribution in [3.63, 3.8) is 0 Å². The maximum atomic E-state index is 12.1. The molecule has 13 heteroatoms. The Balaban J connectivity index is 1.42. The summed E-state index contributed by atoms with van der Waals surface area (Å²) in [5.74, 6) is 0.818. The van der Waals surface area contributed by atoms with Crippen LogP contribution in [-0.2, 0) is 26.6 Å². The summed E-state index contributed by atoms with van der Waals surface area (Å²) in [5, 5.41) is 10.5. The third-order valence-electron chi connectivity index (χ3n) is 5.14. The second-order valence-electron chi connectivity index (χ2n) is 7.90. The molecule has 180 valence electrons. The lowest BCUT2D eigenvalue weighted by Gasteiger charge is -2.12. The minimum atomic E-state index is -3.83. The molecule has 3 aromatic rings. The number of nitrogens with one attached hydrogen (secondary N) is 3. The van der Waals surface area contributed by atoms with E-state index in [1.165, 1.54) is 12.1 Å². The topological polar surface area (TPSA) is 156 Å². The maximum Gasteiger partial charge on any atom is 0.238 e. The zero-order valence-corrected chi connectivity index (χ0v) is 20.5. The summed E-state index contributed by atoms with van der Waals surface area (Å²) in [6.45, 7) is 2.03. The van der Waals surface area contributed by atoms with E-state index < -0.39 is 25.3 Å². The largest absolute Gasteiger partial charge is 0.340 e. The minimum Gasteiger partial charge on any atom is -0.340 e. The number of aromatic nitrogens is 2. The normalized spacial score (nSPS) is 17.9. The number of rotatable bonds is 9. The quantitative estimate of drug-likeness (QED) is 0.312. The SMILES string of the molecule is Cc1cnc(Nc2cccc(S(N)(=O)=O)c2)nc1Nc1ccc(CNS(=O)(=O)C2CC2Cl)cc1. The summed E-state index contributed by atoms with van der Waals surface area (Å²) in [4.78, 5) is 8.67. The van der Waals surface area contributed by atoms with E-state index in [0.717, 1.165) is 16.8 Å². The van der Waals surface area contributed by atoms with Gasteiger partial charge in [-0.1, -0.05) is 18.2 Å². The van der Waals surface area contributed by atoms with E-state index in [1.807, 2.05) is 31.2 Å². The van der Waals surface area contributed by atoms with Gasteiger partial charge in [-0.05, 0) is 49.2 Å². The van der Waals surface area contributed by atoms with Crippen molar-refractivity contribution in [2.75, 3.05) is 10.6 Å². The van der Waals surface area contributed by atoms with Crippen molar-refractivity contribution in [1.29, 1.82) is 0 Å². The van der Waals surface area contributed by atoms with Crippen LogP contribution in [0.3, 0.4) is 0 Å². The predicted octanol–water partition coefficient (Wildman–Crippen LogP) is 2.72. The molecule has 34 heavy (non-hydrogen) atoms. The van der Waals surface area contributed by atoms with E-state index in [4.69, 9.17) is 16.7 Å². The molecule has 5 N–H and O–H groups in total. The molecule has 1 aromatic heterocycles. The summed E-state index contributed by atoms with van der Waals surface area (Å²) >= 11 is 5.84. The Hall–Kier alpha value is -2.77. The molecular formula is C21H23ClN6O4S2. The average molecular weight is 523 g/mol. The highest BCUT2D eigenvalue weighted by Gasteiger charge is 2.45. The van der Waals surface area contributed by atoms with Crippen molar-refractivity contribution >= 4 is 54.8 Å². The van der Waals surface area contributed by atoms with Gasteiger partial charge in [0.05, 0.1) is 15.5 Å². The number of halogens is 1. The molecule has 2 unspecified atom stereocenters. The molecule has 1 aliphatic rings. The van der Waals surface area contributed by atoms with Crippen LogP contribution in [0.5, 0.6) is 0 Å². The Morgan fingerprint density at radius 3 is 2.41 bits per heavy atom. The number of anilines is 4. The zero-order valence-electron chi connectivity index (χ0n) is 18.1. The maximum absolute atomic E-state index is 12.1. The van der Waals surface area contributed by atoms with Crippen LogP contribution >= 0.6 is 11.6 Å². The molecule has 2 aromatic carbocycles. The van der Waals surface area contributed by atoms with Gasteiger partial charge in [0.1, 0.15) is 5.82 Å². The van der Waals surface area contributed by atoms with E-state index in [0.29, 0.717) is 17.9 Å². The third-order valence-corrected chi connectivity index (χ3v) is 8.55. The number of sulfonamides is 2. The molecule has 0 saturated heterocycles. The Morgan fingerprint density at radius 2 is 1.76 bits per heavy atom. The molecule has 0 bridgehead atoms. The standard InChI is InChI=1S/C21H23ClN6O4S2/c1-13-11-24-21(27-16-3-2-4-17(9-16)33(23,29)30)28-20(13)26-15-7-5-14(6-8-15)12-25-34(31,32)19-10-18(19)22/h2-9,11,18-19,25H,10,12H2,1H3,(H2,23,29,30)(H2,24,26,27,28). The lowest BCUT2D eigenvalue weighted by molar-refractivity contribution is 0.580. The van der Waals surface area contributed by atoms with Crippen LogP contribution in [-0.4, -0.2) is 37.4 Å². The fraction of sp³-hybridized carbons (Fsp3) is 0.238. The number of nitrogens with zero attached hydrogens (tertiary/aromatic N) is 2. The minimum absolute atomic E-state index is 0.0232. The second kappa shape index (κ2) is 9.47. The van der Waals surface area contributed by atoms with Crippen LogP contribution in [0, 0.1) is 6.92 Å². The van der Waals surface area contributed by atoms with Crippen LogP contribution in [0.4, 0.5) is 23.1 Å². The van der Waals surface area contributed by atoms with Crippen LogP contribution in [0.1, 0.15) is 17.5 Å². The van der Waals surface area contributed by atoms with Crippen molar-refractivity contribution in [3.8, 4) is 0 Å². The first-order valence-electron chi connectivity index (χ1n) is 10.2. The Bertz CT molecular complexity index is 1420. The number of primary sulfonamides is 1. The highest BCUT2D eigenvalue weighted by molar-refractivity contribution is 7.90. The first-order valence-corrected chi connectivity index (χ1v) is 13.8. The van der Waals surface area contributed by atoms with Crippen molar-refractivity contribution in [2.24, 2.45) is 5.14 Å². The Labute approximate surface area is 203 Å². The van der Waals surface area contributed by atoms with Gasteiger partial charge in [-0.25, -0.2) is 31.7 Å². The molecule has 2 atom stereocenters. The van der Waals surface area contributed by atoms with Gasteiger partial charge in [0, 0.05) is 29.7 Å². The third kappa shape index (κ3) is 6.02. The van der Waals surface area contributed by atoms with Gasteiger partial charge >= 0.3 is 0 Å². The monoisotopic (exact) mass is 522 g/mol. The van der Waals surface area contributed by atoms with Gasteiger partial charge in [0.2, 0.25) is 26.0 Å². The molecule has 0 spiro atoms. The van der Waals surface area contributed by atoms with Crippen molar-refractivity contribution in [3.05, 3.63) is 65.9 Å². The zero-order chi connectivity index (χ0) is 24.5. The molecule has 0 aliphatic heterocycles. The van der Waals surface area contributed by atoms with E-state index in [2.05, 4.69) is 25.3 Å².